The maximum atomic E-state index is 12.5. The summed E-state index contributed by atoms with van der Waals surface area (Å²) in [6, 6.07) is 10.8. The molecule has 3 rings (SSSR count). The number of amides is 2. The standard InChI is InChI=1S/C19H23N3O2S/c23-19(22-17-8-5-11-20-13-17)21-16-7-4-6-15(12-16)14-25(24)18-9-2-1-3-10-18/h4-8,11-13,18H,1-3,9-10,14H2,(H2,21,22,23). The van der Waals surface area contributed by atoms with E-state index >= 15 is 0 Å². The number of aromatic nitrogens is 1. The van der Waals surface area contributed by atoms with Crippen molar-refractivity contribution in [2.45, 2.75) is 43.1 Å². The summed E-state index contributed by atoms with van der Waals surface area (Å²) in [7, 11) is -0.846. The minimum atomic E-state index is -0.846. The number of hydrogen-bond acceptors (Lipinski definition) is 3. The van der Waals surface area contributed by atoms with Gasteiger partial charge in [0.15, 0.2) is 0 Å². The van der Waals surface area contributed by atoms with Crippen LogP contribution in [0.5, 0.6) is 0 Å². The van der Waals surface area contributed by atoms with Crippen LogP contribution in [0.15, 0.2) is 48.8 Å². The van der Waals surface area contributed by atoms with E-state index in [9.17, 15) is 9.00 Å². The Morgan fingerprint density at radius 1 is 1.08 bits per heavy atom. The van der Waals surface area contributed by atoms with E-state index in [1.165, 1.54) is 19.3 Å². The first-order valence-corrected chi connectivity index (χ1v) is 10.0. The minimum absolute atomic E-state index is 0.319. The van der Waals surface area contributed by atoms with Crippen LogP contribution < -0.4 is 10.6 Å². The molecule has 132 valence electrons. The van der Waals surface area contributed by atoms with Gasteiger partial charge in [0.1, 0.15) is 0 Å². The minimum Gasteiger partial charge on any atom is -0.308 e. The summed E-state index contributed by atoms with van der Waals surface area (Å²) in [5, 5.41) is 5.86. The monoisotopic (exact) mass is 357 g/mol. The van der Waals surface area contributed by atoms with Crippen LogP contribution in [0.25, 0.3) is 0 Å². The van der Waals surface area contributed by atoms with Crippen LogP contribution in [-0.4, -0.2) is 20.5 Å². The van der Waals surface area contributed by atoms with Gasteiger partial charge in [-0.2, -0.15) is 0 Å². The van der Waals surface area contributed by atoms with E-state index in [1.807, 2.05) is 24.3 Å². The number of nitrogens with zero attached hydrogens (tertiary/aromatic N) is 1. The van der Waals surface area contributed by atoms with E-state index in [0.29, 0.717) is 22.4 Å². The number of carbonyl (C=O) groups is 1. The van der Waals surface area contributed by atoms with Crippen molar-refractivity contribution in [2.75, 3.05) is 10.6 Å². The van der Waals surface area contributed by atoms with Gasteiger partial charge in [-0.1, -0.05) is 31.4 Å². The molecule has 1 heterocycles. The van der Waals surface area contributed by atoms with E-state index in [1.54, 1.807) is 24.5 Å². The molecule has 0 saturated heterocycles. The fourth-order valence-electron chi connectivity index (χ4n) is 3.08. The van der Waals surface area contributed by atoms with Crippen molar-refractivity contribution in [2.24, 2.45) is 0 Å². The number of carbonyl (C=O) groups excluding carboxylic acids is 1. The number of hydrogen-bond donors (Lipinski definition) is 2. The third-order valence-electron chi connectivity index (χ3n) is 4.34. The Bertz CT molecular complexity index is 730. The predicted octanol–water partition coefficient (Wildman–Crippen LogP) is 4.31. The van der Waals surface area contributed by atoms with Crippen LogP contribution in [0.2, 0.25) is 0 Å². The Labute approximate surface area is 150 Å². The molecule has 0 aliphatic heterocycles. The molecule has 1 aromatic carbocycles. The Morgan fingerprint density at radius 3 is 2.60 bits per heavy atom. The van der Waals surface area contributed by atoms with Crippen LogP contribution in [0.1, 0.15) is 37.7 Å². The molecule has 0 bridgehead atoms. The molecule has 1 unspecified atom stereocenters. The van der Waals surface area contributed by atoms with Gasteiger partial charge in [0.25, 0.3) is 0 Å². The summed E-state index contributed by atoms with van der Waals surface area (Å²) in [6.45, 7) is 0. The summed E-state index contributed by atoms with van der Waals surface area (Å²) in [4.78, 5) is 16.0. The fraction of sp³-hybridized carbons (Fsp3) is 0.368. The molecule has 1 aliphatic rings. The van der Waals surface area contributed by atoms with Gasteiger partial charge >= 0.3 is 6.03 Å². The van der Waals surface area contributed by atoms with Crippen LogP contribution >= 0.6 is 0 Å². The molecule has 5 nitrogen and oxygen atoms in total. The molecule has 0 spiro atoms. The van der Waals surface area contributed by atoms with Gasteiger partial charge in [-0.05, 0) is 42.7 Å². The van der Waals surface area contributed by atoms with Crippen molar-refractivity contribution >= 4 is 28.2 Å². The van der Waals surface area contributed by atoms with Gasteiger partial charge in [0.2, 0.25) is 0 Å². The van der Waals surface area contributed by atoms with Gasteiger partial charge in [0.05, 0.1) is 11.9 Å². The lowest BCUT2D eigenvalue weighted by molar-refractivity contribution is 0.262. The number of benzene rings is 1. The summed E-state index contributed by atoms with van der Waals surface area (Å²) in [5.74, 6) is 0.546. The molecule has 1 aliphatic carbocycles. The van der Waals surface area contributed by atoms with Crippen LogP contribution in [-0.2, 0) is 16.6 Å². The summed E-state index contributed by atoms with van der Waals surface area (Å²) < 4.78 is 12.5. The molecular formula is C19H23N3O2S. The van der Waals surface area contributed by atoms with Gasteiger partial charge in [-0.15, -0.1) is 0 Å². The van der Waals surface area contributed by atoms with Gasteiger partial charge < -0.3 is 10.6 Å². The number of pyridine rings is 1. The Kier molecular flexibility index (Phi) is 6.17. The summed E-state index contributed by atoms with van der Waals surface area (Å²) >= 11 is 0. The van der Waals surface area contributed by atoms with Crippen molar-refractivity contribution in [1.29, 1.82) is 0 Å². The second kappa shape index (κ2) is 8.76. The normalized spacial score (nSPS) is 16.2. The van der Waals surface area contributed by atoms with Crippen LogP contribution in [0.3, 0.4) is 0 Å². The highest BCUT2D eigenvalue weighted by Gasteiger charge is 2.19. The highest BCUT2D eigenvalue weighted by atomic mass is 32.2. The first-order chi connectivity index (χ1) is 12.2. The highest BCUT2D eigenvalue weighted by molar-refractivity contribution is 7.84. The van der Waals surface area contributed by atoms with Crippen molar-refractivity contribution < 1.29 is 9.00 Å². The second-order valence-electron chi connectivity index (χ2n) is 6.31. The molecule has 2 N–H and O–H groups in total. The average Bonchev–Trinajstić information content (AvgIpc) is 2.63. The molecule has 25 heavy (non-hydrogen) atoms. The van der Waals surface area contributed by atoms with Crippen LogP contribution in [0.4, 0.5) is 16.2 Å². The Morgan fingerprint density at radius 2 is 1.84 bits per heavy atom. The SMILES string of the molecule is O=C(Nc1cccnc1)Nc1cccc(CS(=O)C2CCCCC2)c1. The number of anilines is 2. The molecule has 2 aromatic rings. The van der Waals surface area contributed by atoms with E-state index in [-0.39, 0.29) is 6.03 Å². The lowest BCUT2D eigenvalue weighted by Crippen LogP contribution is -2.20. The van der Waals surface area contributed by atoms with Crippen molar-refractivity contribution in [3.05, 3.63) is 54.4 Å². The smallest absolute Gasteiger partial charge is 0.308 e. The lowest BCUT2D eigenvalue weighted by Gasteiger charge is -2.21. The topological polar surface area (TPSA) is 71.1 Å². The molecule has 0 radical (unpaired) electrons. The summed E-state index contributed by atoms with van der Waals surface area (Å²) in [6.07, 6.45) is 9.01. The largest absolute Gasteiger partial charge is 0.323 e. The zero-order chi connectivity index (χ0) is 17.5. The van der Waals surface area contributed by atoms with Crippen molar-refractivity contribution in [3.8, 4) is 0 Å². The van der Waals surface area contributed by atoms with Gasteiger partial charge in [0, 0.05) is 33.7 Å². The first-order valence-electron chi connectivity index (χ1n) is 8.65. The summed E-state index contributed by atoms with van der Waals surface area (Å²) in [5.41, 5.74) is 2.32. The molecule has 1 saturated carbocycles. The Hall–Kier alpha value is -2.21. The molecular weight excluding hydrogens is 334 g/mol. The average molecular weight is 357 g/mol. The van der Waals surface area contributed by atoms with E-state index in [0.717, 1.165) is 18.4 Å². The highest BCUT2D eigenvalue weighted by Crippen LogP contribution is 2.24. The molecule has 1 atom stereocenters. The molecule has 1 aromatic heterocycles. The quantitative estimate of drug-likeness (QED) is 0.838. The van der Waals surface area contributed by atoms with E-state index in [2.05, 4.69) is 15.6 Å². The zero-order valence-electron chi connectivity index (χ0n) is 14.1. The zero-order valence-corrected chi connectivity index (χ0v) is 14.9. The lowest BCUT2D eigenvalue weighted by atomic mass is 10.0. The molecule has 1 fully saturated rings. The van der Waals surface area contributed by atoms with Crippen molar-refractivity contribution in [3.63, 3.8) is 0 Å². The van der Waals surface area contributed by atoms with Gasteiger partial charge in [-0.25, -0.2) is 4.79 Å². The van der Waals surface area contributed by atoms with E-state index < -0.39 is 10.8 Å². The van der Waals surface area contributed by atoms with Crippen LogP contribution in [0, 0.1) is 0 Å². The fourth-order valence-corrected chi connectivity index (χ4v) is 4.68. The third-order valence-corrected chi connectivity index (χ3v) is 6.17. The van der Waals surface area contributed by atoms with E-state index in [4.69, 9.17) is 0 Å². The maximum Gasteiger partial charge on any atom is 0.323 e. The number of nitrogens with one attached hydrogen (secondary N) is 2. The molecule has 2 amide bonds. The Balaban J connectivity index is 1.57. The second-order valence-corrected chi connectivity index (χ2v) is 8.02. The third kappa shape index (κ3) is 5.39. The maximum absolute atomic E-state index is 12.5. The number of rotatable bonds is 5. The molecule has 6 heteroatoms. The predicted molar refractivity (Wildman–Crippen MR) is 102 cm³/mol. The van der Waals surface area contributed by atoms with Crippen molar-refractivity contribution in [1.82, 2.24) is 4.98 Å². The first kappa shape index (κ1) is 17.6. The number of urea groups is 1. The van der Waals surface area contributed by atoms with Gasteiger partial charge in [-0.3, -0.25) is 9.19 Å².